The van der Waals surface area contributed by atoms with Crippen LogP contribution in [0.1, 0.15) is 19.4 Å². The maximum atomic E-state index is 12.1. The molecule has 0 aliphatic carbocycles. The predicted molar refractivity (Wildman–Crippen MR) is 125 cm³/mol. The van der Waals surface area contributed by atoms with Crippen LogP contribution >= 0.6 is 0 Å². The fourth-order valence-electron chi connectivity index (χ4n) is 3.59. The first-order chi connectivity index (χ1) is 14.8. The first-order valence-corrected chi connectivity index (χ1v) is 10.2. The van der Waals surface area contributed by atoms with E-state index in [1.807, 2.05) is 51.2 Å². The fourth-order valence-corrected chi connectivity index (χ4v) is 3.59. The lowest BCUT2D eigenvalue weighted by Crippen LogP contribution is -2.47. The molecule has 0 fully saturated rings. The largest absolute Gasteiger partial charge is 0.497 e. The van der Waals surface area contributed by atoms with E-state index in [-0.39, 0.29) is 30.8 Å². The summed E-state index contributed by atoms with van der Waals surface area (Å²) in [5.41, 5.74) is 7.73. The smallest absolute Gasteiger partial charge is 0.238 e. The molecule has 0 saturated heterocycles. The number of fused-ring (bicyclic) bond motifs is 1. The number of nitrogens with one attached hydrogen (secondary N) is 2. The van der Waals surface area contributed by atoms with E-state index in [0.29, 0.717) is 18.0 Å². The molecule has 0 saturated carbocycles. The second-order valence-electron chi connectivity index (χ2n) is 8.33. The van der Waals surface area contributed by atoms with Gasteiger partial charge in [-0.2, -0.15) is 0 Å². The normalized spacial score (nSPS) is 16.4. The molecular weight excluding hydrogens is 394 g/mol. The van der Waals surface area contributed by atoms with Crippen LogP contribution in [0, 0.1) is 5.41 Å². The highest BCUT2D eigenvalue weighted by molar-refractivity contribution is 6.05. The number of carbonyl (C=O) groups excluding carboxylic acids is 1. The van der Waals surface area contributed by atoms with Crippen LogP contribution in [0.25, 0.3) is 16.5 Å². The summed E-state index contributed by atoms with van der Waals surface area (Å²) in [6.45, 7) is 4.55. The van der Waals surface area contributed by atoms with Crippen LogP contribution in [0.3, 0.4) is 0 Å². The standard InChI is InChI=1S/C23H31N5O3/c1-23(2,14-29)13-28-20(7-8-26-22(28)25-3)16-9-15-5-6-17(31-4)11-18(15)19(10-16)27-21(30)12-24/h5-11,22,25,29H,12-14,24H2,1-4H3,(H,27,30). The van der Waals surface area contributed by atoms with E-state index in [9.17, 15) is 9.90 Å². The first-order valence-electron chi connectivity index (χ1n) is 10.2. The van der Waals surface area contributed by atoms with Crippen molar-refractivity contribution in [3.8, 4) is 5.75 Å². The molecule has 5 N–H and O–H groups in total. The van der Waals surface area contributed by atoms with Crippen molar-refractivity contribution in [2.75, 3.05) is 39.2 Å². The van der Waals surface area contributed by atoms with Crippen molar-refractivity contribution in [1.82, 2.24) is 10.2 Å². The Kier molecular flexibility index (Phi) is 6.94. The average molecular weight is 426 g/mol. The maximum absolute atomic E-state index is 12.1. The third-order valence-electron chi connectivity index (χ3n) is 5.27. The number of aliphatic hydroxyl groups excluding tert-OH is 1. The third-order valence-corrected chi connectivity index (χ3v) is 5.27. The molecule has 3 rings (SSSR count). The van der Waals surface area contributed by atoms with E-state index in [1.165, 1.54) is 0 Å². The molecule has 1 aliphatic heterocycles. The zero-order valence-corrected chi connectivity index (χ0v) is 18.5. The maximum Gasteiger partial charge on any atom is 0.238 e. The lowest BCUT2D eigenvalue weighted by Gasteiger charge is -2.39. The van der Waals surface area contributed by atoms with Crippen molar-refractivity contribution in [3.05, 3.63) is 42.0 Å². The summed E-state index contributed by atoms with van der Waals surface area (Å²) in [5.74, 6) is 0.431. The van der Waals surface area contributed by atoms with Crippen molar-refractivity contribution in [3.63, 3.8) is 0 Å². The Morgan fingerprint density at radius 3 is 2.74 bits per heavy atom. The number of hydrogen-bond donors (Lipinski definition) is 4. The number of nitrogens with zero attached hydrogens (tertiary/aromatic N) is 2. The summed E-state index contributed by atoms with van der Waals surface area (Å²) in [6.07, 6.45) is 3.45. The average Bonchev–Trinajstić information content (AvgIpc) is 2.78. The summed E-state index contributed by atoms with van der Waals surface area (Å²) >= 11 is 0. The van der Waals surface area contributed by atoms with Crippen LogP contribution < -0.4 is 21.1 Å². The summed E-state index contributed by atoms with van der Waals surface area (Å²) in [4.78, 5) is 18.7. The van der Waals surface area contributed by atoms with Crippen LogP contribution in [0.4, 0.5) is 5.69 Å². The second kappa shape index (κ2) is 9.47. The van der Waals surface area contributed by atoms with E-state index in [0.717, 1.165) is 22.0 Å². The van der Waals surface area contributed by atoms with Crippen LogP contribution in [0.2, 0.25) is 0 Å². The molecule has 0 radical (unpaired) electrons. The topological polar surface area (TPSA) is 112 Å². The highest BCUT2D eigenvalue weighted by Gasteiger charge is 2.29. The van der Waals surface area contributed by atoms with Crippen molar-refractivity contribution in [1.29, 1.82) is 0 Å². The number of ether oxygens (including phenoxy) is 1. The van der Waals surface area contributed by atoms with Gasteiger partial charge in [-0.3, -0.25) is 15.1 Å². The number of rotatable bonds is 8. The van der Waals surface area contributed by atoms with Gasteiger partial charge in [-0.1, -0.05) is 19.9 Å². The van der Waals surface area contributed by atoms with Gasteiger partial charge >= 0.3 is 0 Å². The molecule has 2 aromatic carbocycles. The molecule has 1 heterocycles. The highest BCUT2D eigenvalue weighted by atomic mass is 16.5. The summed E-state index contributed by atoms with van der Waals surface area (Å²) in [7, 11) is 3.46. The molecule has 1 amide bonds. The van der Waals surface area contributed by atoms with Crippen molar-refractivity contribution < 1.29 is 14.6 Å². The minimum absolute atomic E-state index is 0.0479. The summed E-state index contributed by atoms with van der Waals surface area (Å²) in [6, 6.07) is 9.76. The molecule has 31 heavy (non-hydrogen) atoms. The molecule has 8 heteroatoms. The molecule has 166 valence electrons. The number of carbonyl (C=O) groups is 1. The lowest BCUT2D eigenvalue weighted by atomic mass is 9.92. The van der Waals surface area contributed by atoms with Gasteiger partial charge in [0.25, 0.3) is 0 Å². The Hall–Kier alpha value is -2.94. The van der Waals surface area contributed by atoms with Gasteiger partial charge < -0.3 is 25.8 Å². The molecule has 2 aromatic rings. The fraction of sp³-hybridized carbons (Fsp3) is 0.391. The molecular formula is C23H31N5O3. The Bertz CT molecular complexity index is 1020. The third kappa shape index (κ3) is 5.04. The molecule has 0 bridgehead atoms. The van der Waals surface area contributed by atoms with E-state index in [1.54, 1.807) is 13.3 Å². The van der Waals surface area contributed by atoms with Crippen LogP contribution in [-0.4, -0.2) is 62.3 Å². The Morgan fingerprint density at radius 2 is 2.10 bits per heavy atom. The number of allylic oxidation sites excluding steroid dienone is 1. The number of benzene rings is 2. The molecule has 0 aromatic heterocycles. The number of aliphatic hydroxyl groups is 1. The zero-order chi connectivity index (χ0) is 22.6. The number of methoxy groups -OCH3 is 1. The van der Waals surface area contributed by atoms with E-state index in [2.05, 4.69) is 26.6 Å². The Balaban J connectivity index is 2.13. The Morgan fingerprint density at radius 1 is 1.32 bits per heavy atom. The monoisotopic (exact) mass is 425 g/mol. The molecule has 8 nitrogen and oxygen atoms in total. The van der Waals surface area contributed by atoms with Crippen LogP contribution in [0.5, 0.6) is 5.75 Å². The highest BCUT2D eigenvalue weighted by Crippen LogP contribution is 2.35. The number of nitrogens with two attached hydrogens (primary N) is 1. The predicted octanol–water partition coefficient (Wildman–Crippen LogP) is 1.99. The van der Waals surface area contributed by atoms with Gasteiger partial charge in [-0.05, 0) is 42.8 Å². The number of amides is 1. The van der Waals surface area contributed by atoms with Crippen molar-refractivity contribution in [2.24, 2.45) is 16.1 Å². The van der Waals surface area contributed by atoms with Gasteiger partial charge in [0.05, 0.1) is 13.7 Å². The number of aliphatic imine (C=N–C) groups is 1. The van der Waals surface area contributed by atoms with Gasteiger partial charge in [0.2, 0.25) is 5.91 Å². The van der Waals surface area contributed by atoms with Gasteiger partial charge in [-0.15, -0.1) is 0 Å². The zero-order valence-electron chi connectivity index (χ0n) is 18.5. The van der Waals surface area contributed by atoms with E-state index < -0.39 is 0 Å². The van der Waals surface area contributed by atoms with Gasteiger partial charge in [0.1, 0.15) is 5.75 Å². The van der Waals surface area contributed by atoms with Crippen molar-refractivity contribution >= 4 is 34.3 Å². The second-order valence-corrected chi connectivity index (χ2v) is 8.33. The van der Waals surface area contributed by atoms with Crippen LogP contribution in [-0.2, 0) is 4.79 Å². The summed E-state index contributed by atoms with van der Waals surface area (Å²) in [5, 5.41) is 17.8. The summed E-state index contributed by atoms with van der Waals surface area (Å²) < 4.78 is 5.36. The SMILES string of the molecule is CNC1N=CC=C(c2cc(NC(=O)CN)c3cc(OC)ccc3c2)N1CC(C)(C)CO. The lowest BCUT2D eigenvalue weighted by molar-refractivity contribution is -0.114. The van der Waals surface area contributed by atoms with Crippen molar-refractivity contribution in [2.45, 2.75) is 20.1 Å². The minimum Gasteiger partial charge on any atom is -0.497 e. The van der Waals surface area contributed by atoms with Gasteiger partial charge in [-0.25, -0.2) is 0 Å². The Labute approximate surface area is 182 Å². The van der Waals surface area contributed by atoms with E-state index in [4.69, 9.17) is 10.5 Å². The molecule has 1 unspecified atom stereocenters. The number of anilines is 1. The first kappa shape index (κ1) is 22.7. The molecule has 0 spiro atoms. The van der Waals surface area contributed by atoms with E-state index >= 15 is 0 Å². The minimum atomic E-state index is -0.331. The molecule has 1 aliphatic rings. The molecule has 1 atom stereocenters. The van der Waals surface area contributed by atoms with Gasteiger partial charge in [0, 0.05) is 47.1 Å². The van der Waals surface area contributed by atoms with Crippen LogP contribution in [0.15, 0.2) is 41.4 Å². The number of hydrogen-bond acceptors (Lipinski definition) is 7. The quantitative estimate of drug-likeness (QED) is 0.515. The van der Waals surface area contributed by atoms with Gasteiger partial charge in [0.15, 0.2) is 6.29 Å².